The van der Waals surface area contributed by atoms with E-state index in [0.717, 1.165) is 19.3 Å². The molecule has 0 aliphatic rings. The van der Waals surface area contributed by atoms with E-state index in [1.807, 2.05) is 0 Å². The number of hydrogen-bond acceptors (Lipinski definition) is 2. The minimum Gasteiger partial charge on any atom is -0.466 e. The van der Waals surface area contributed by atoms with Gasteiger partial charge in [0.25, 0.3) is 0 Å². The minimum absolute atomic E-state index is 0.0142. The first-order valence-electron chi connectivity index (χ1n) is 16.1. The van der Waals surface area contributed by atoms with Crippen LogP contribution in [0.2, 0.25) is 0 Å². The average molecular weight is 493 g/mol. The SMILES string of the molecule is CCCC/C=C\CCCCCCCC(=O)OCCCCCCCCCCCCCCCCCCC. The predicted octanol–water partition coefficient (Wildman–Crippen LogP) is 11.7. The summed E-state index contributed by atoms with van der Waals surface area (Å²) in [5, 5.41) is 0. The summed E-state index contributed by atoms with van der Waals surface area (Å²) in [6.45, 7) is 5.16. The molecule has 0 atom stereocenters. The quantitative estimate of drug-likeness (QED) is 0.0589. The molecule has 35 heavy (non-hydrogen) atoms. The molecule has 0 unspecified atom stereocenters. The summed E-state index contributed by atoms with van der Waals surface area (Å²) < 4.78 is 5.41. The number of carbonyl (C=O) groups is 1. The number of rotatable bonds is 29. The molecule has 0 aromatic heterocycles. The second-order valence-electron chi connectivity index (χ2n) is 10.8. The van der Waals surface area contributed by atoms with Gasteiger partial charge in [-0.2, -0.15) is 0 Å². The Bertz CT molecular complexity index is 429. The Kier molecular flexibility index (Phi) is 30.5. The molecule has 0 aliphatic carbocycles. The predicted molar refractivity (Wildman–Crippen MR) is 156 cm³/mol. The fraction of sp³-hybridized carbons (Fsp3) is 0.909. The lowest BCUT2D eigenvalue weighted by atomic mass is 10.0. The Morgan fingerprint density at radius 1 is 0.457 bits per heavy atom. The zero-order valence-electron chi connectivity index (χ0n) is 24.3. The number of hydrogen-bond donors (Lipinski definition) is 0. The molecule has 0 fully saturated rings. The number of ether oxygens (including phenoxy) is 1. The average Bonchev–Trinajstić information content (AvgIpc) is 2.86. The summed E-state index contributed by atoms with van der Waals surface area (Å²) in [7, 11) is 0. The zero-order valence-corrected chi connectivity index (χ0v) is 24.3. The van der Waals surface area contributed by atoms with Crippen LogP contribution in [0.15, 0.2) is 12.2 Å². The van der Waals surface area contributed by atoms with Crippen molar-refractivity contribution in [2.75, 3.05) is 6.61 Å². The lowest BCUT2D eigenvalue weighted by molar-refractivity contribution is -0.143. The van der Waals surface area contributed by atoms with E-state index in [-0.39, 0.29) is 5.97 Å². The Balaban J connectivity index is 3.16. The van der Waals surface area contributed by atoms with E-state index >= 15 is 0 Å². The van der Waals surface area contributed by atoms with Crippen molar-refractivity contribution in [2.45, 2.75) is 187 Å². The molecule has 0 saturated heterocycles. The van der Waals surface area contributed by atoms with Crippen LogP contribution >= 0.6 is 0 Å². The highest BCUT2D eigenvalue weighted by atomic mass is 16.5. The molecule has 2 heteroatoms. The summed E-state index contributed by atoms with van der Waals surface area (Å²) >= 11 is 0. The van der Waals surface area contributed by atoms with Crippen LogP contribution < -0.4 is 0 Å². The van der Waals surface area contributed by atoms with E-state index in [4.69, 9.17) is 4.74 Å². The molecular weight excluding hydrogens is 428 g/mol. The van der Waals surface area contributed by atoms with Crippen LogP contribution in [0.4, 0.5) is 0 Å². The van der Waals surface area contributed by atoms with Crippen LogP contribution in [-0.2, 0) is 9.53 Å². The van der Waals surface area contributed by atoms with Gasteiger partial charge in [-0.3, -0.25) is 4.79 Å². The van der Waals surface area contributed by atoms with E-state index in [0.29, 0.717) is 13.0 Å². The Morgan fingerprint density at radius 3 is 1.31 bits per heavy atom. The van der Waals surface area contributed by atoms with Crippen molar-refractivity contribution in [1.29, 1.82) is 0 Å². The van der Waals surface area contributed by atoms with Gasteiger partial charge in [0.05, 0.1) is 6.61 Å². The smallest absolute Gasteiger partial charge is 0.305 e. The molecule has 2 nitrogen and oxygen atoms in total. The van der Waals surface area contributed by atoms with Crippen molar-refractivity contribution in [3.05, 3.63) is 12.2 Å². The lowest BCUT2D eigenvalue weighted by Crippen LogP contribution is -2.05. The third-order valence-corrected chi connectivity index (χ3v) is 7.15. The Labute approximate surface area is 221 Å². The molecule has 0 heterocycles. The molecule has 0 saturated carbocycles. The summed E-state index contributed by atoms with van der Waals surface area (Å²) in [5.41, 5.74) is 0. The van der Waals surface area contributed by atoms with Gasteiger partial charge in [-0.1, -0.05) is 161 Å². The van der Waals surface area contributed by atoms with Gasteiger partial charge in [0.1, 0.15) is 0 Å². The van der Waals surface area contributed by atoms with Crippen LogP contribution in [0.5, 0.6) is 0 Å². The first-order chi connectivity index (χ1) is 17.3. The summed E-state index contributed by atoms with van der Waals surface area (Å²) in [6, 6.07) is 0. The van der Waals surface area contributed by atoms with Crippen molar-refractivity contribution < 1.29 is 9.53 Å². The topological polar surface area (TPSA) is 26.3 Å². The lowest BCUT2D eigenvalue weighted by Gasteiger charge is -2.05. The van der Waals surface area contributed by atoms with Gasteiger partial charge in [0, 0.05) is 6.42 Å². The largest absolute Gasteiger partial charge is 0.466 e. The van der Waals surface area contributed by atoms with E-state index in [9.17, 15) is 4.79 Å². The molecule has 0 aromatic rings. The monoisotopic (exact) mass is 492 g/mol. The van der Waals surface area contributed by atoms with Gasteiger partial charge < -0.3 is 4.74 Å². The Morgan fingerprint density at radius 2 is 0.829 bits per heavy atom. The number of carbonyl (C=O) groups excluding carboxylic acids is 1. The molecule has 0 N–H and O–H groups in total. The van der Waals surface area contributed by atoms with Crippen LogP contribution in [0.25, 0.3) is 0 Å². The molecule has 0 aromatic carbocycles. The molecule has 0 rings (SSSR count). The standard InChI is InChI=1S/C33H64O2/c1-3-5-7-9-11-13-15-16-17-18-19-20-22-24-26-28-30-32-35-33(34)31-29-27-25-23-21-14-12-10-8-6-4-2/h10,12H,3-9,11,13-32H2,1-2H3/b12-10-. The van der Waals surface area contributed by atoms with Gasteiger partial charge in [-0.25, -0.2) is 0 Å². The summed E-state index contributed by atoms with van der Waals surface area (Å²) in [4.78, 5) is 11.8. The van der Waals surface area contributed by atoms with Crippen LogP contribution in [-0.4, -0.2) is 12.6 Å². The first kappa shape index (κ1) is 34.2. The number of allylic oxidation sites excluding steroid dienone is 2. The molecule has 0 spiro atoms. The minimum atomic E-state index is 0.0142. The maximum atomic E-state index is 11.8. The maximum absolute atomic E-state index is 11.8. The normalized spacial score (nSPS) is 11.5. The van der Waals surface area contributed by atoms with Gasteiger partial charge in [-0.05, 0) is 32.1 Å². The summed E-state index contributed by atoms with van der Waals surface area (Å²) in [5.74, 6) is 0.0142. The molecule has 0 radical (unpaired) electrons. The fourth-order valence-corrected chi connectivity index (χ4v) is 4.70. The molecule has 208 valence electrons. The van der Waals surface area contributed by atoms with Crippen molar-refractivity contribution in [3.8, 4) is 0 Å². The van der Waals surface area contributed by atoms with E-state index in [2.05, 4.69) is 26.0 Å². The van der Waals surface area contributed by atoms with E-state index in [1.165, 1.54) is 148 Å². The molecular formula is C33H64O2. The van der Waals surface area contributed by atoms with Gasteiger partial charge in [-0.15, -0.1) is 0 Å². The van der Waals surface area contributed by atoms with Gasteiger partial charge >= 0.3 is 5.97 Å². The van der Waals surface area contributed by atoms with Crippen molar-refractivity contribution in [1.82, 2.24) is 0 Å². The van der Waals surface area contributed by atoms with Crippen molar-refractivity contribution in [3.63, 3.8) is 0 Å². The van der Waals surface area contributed by atoms with E-state index in [1.54, 1.807) is 0 Å². The molecule has 0 aliphatic heterocycles. The zero-order chi connectivity index (χ0) is 25.5. The third kappa shape index (κ3) is 31.2. The molecule has 0 amide bonds. The number of esters is 1. The van der Waals surface area contributed by atoms with Crippen molar-refractivity contribution in [2.24, 2.45) is 0 Å². The summed E-state index contributed by atoms with van der Waals surface area (Å²) in [6.07, 6.45) is 39.7. The van der Waals surface area contributed by atoms with Crippen LogP contribution in [0.1, 0.15) is 187 Å². The van der Waals surface area contributed by atoms with Gasteiger partial charge in [0.15, 0.2) is 0 Å². The highest BCUT2D eigenvalue weighted by Crippen LogP contribution is 2.14. The fourth-order valence-electron chi connectivity index (χ4n) is 4.70. The number of unbranched alkanes of at least 4 members (excludes halogenated alkanes) is 23. The first-order valence-corrected chi connectivity index (χ1v) is 16.1. The highest BCUT2D eigenvalue weighted by molar-refractivity contribution is 5.69. The van der Waals surface area contributed by atoms with E-state index < -0.39 is 0 Å². The van der Waals surface area contributed by atoms with Gasteiger partial charge in [0.2, 0.25) is 0 Å². The Hall–Kier alpha value is -0.790. The van der Waals surface area contributed by atoms with Crippen LogP contribution in [0.3, 0.4) is 0 Å². The molecule has 0 bridgehead atoms. The maximum Gasteiger partial charge on any atom is 0.305 e. The highest BCUT2D eigenvalue weighted by Gasteiger charge is 2.02. The van der Waals surface area contributed by atoms with Crippen LogP contribution in [0, 0.1) is 0 Å². The second kappa shape index (κ2) is 31.2. The third-order valence-electron chi connectivity index (χ3n) is 7.15. The second-order valence-corrected chi connectivity index (χ2v) is 10.8. The van der Waals surface area contributed by atoms with Crippen molar-refractivity contribution >= 4 is 5.97 Å².